The lowest BCUT2D eigenvalue weighted by molar-refractivity contribution is -0.216. The van der Waals surface area contributed by atoms with Crippen molar-refractivity contribution in [3.05, 3.63) is 123 Å². The molecule has 6 radical (unpaired) electrons. The van der Waals surface area contributed by atoms with E-state index in [4.69, 9.17) is 14.2 Å². The van der Waals surface area contributed by atoms with E-state index in [2.05, 4.69) is 89.1 Å². The summed E-state index contributed by atoms with van der Waals surface area (Å²) in [5, 5.41) is 6.88. The van der Waals surface area contributed by atoms with Crippen molar-refractivity contribution in [3.8, 4) is 0 Å². The highest BCUT2D eigenvalue weighted by Gasteiger charge is 2.33. The van der Waals surface area contributed by atoms with E-state index in [1.54, 1.807) is 36.4 Å². The molecule has 15 nitrogen and oxygen atoms in total. The zero-order valence-corrected chi connectivity index (χ0v) is 40.6. The molecule has 0 aromatic heterocycles. The zero-order valence-electron chi connectivity index (χ0n) is 37.6. The Bertz CT molecular complexity index is 1890. The van der Waals surface area contributed by atoms with Crippen LogP contribution in [0.25, 0.3) is 0 Å². The van der Waals surface area contributed by atoms with Crippen LogP contribution < -0.4 is 15.6 Å². The molecule has 0 atom stereocenters. The Morgan fingerprint density at radius 3 is 0.877 bits per heavy atom. The lowest BCUT2D eigenvalue weighted by Gasteiger charge is -2.26. The van der Waals surface area contributed by atoms with Crippen molar-refractivity contribution < 1.29 is 72.3 Å². The van der Waals surface area contributed by atoms with Crippen molar-refractivity contribution >= 4 is 80.5 Å². The fourth-order valence-corrected chi connectivity index (χ4v) is 9.03. The summed E-state index contributed by atoms with van der Waals surface area (Å²) in [6, 6.07) is 19.8. The molecule has 3 aromatic rings. The second-order valence-electron chi connectivity index (χ2n) is 14.4. The van der Waals surface area contributed by atoms with Crippen LogP contribution in [-0.2, 0) is 43.5 Å². The van der Waals surface area contributed by atoms with Crippen LogP contribution >= 0.6 is 0 Å². The van der Waals surface area contributed by atoms with E-state index in [1.165, 1.54) is 58.9 Å². The molecule has 0 fully saturated rings. The van der Waals surface area contributed by atoms with Gasteiger partial charge in [-0.25, -0.2) is 43.7 Å². The van der Waals surface area contributed by atoms with Gasteiger partial charge in [-0.3, -0.25) is 0 Å². The Morgan fingerprint density at radius 2 is 0.662 bits per heavy atom. The van der Waals surface area contributed by atoms with Gasteiger partial charge in [-0.05, 0) is 81.8 Å². The Balaban J connectivity index is 1.59. The smallest absolute Gasteiger partial charge is 0.431 e. The fraction of sp³-hybridized carbons (Fsp3) is 0.362. The topological polar surface area (TPSA) is 185 Å². The number of rotatable bonds is 21. The number of benzene rings is 3. The van der Waals surface area contributed by atoms with Crippen molar-refractivity contribution in [3.63, 3.8) is 0 Å². The molecule has 0 saturated carbocycles. The summed E-state index contributed by atoms with van der Waals surface area (Å²) < 4.78 is 15.3. The number of ether oxygens (including phenoxy) is 3. The zero-order chi connectivity index (χ0) is 47.6. The molecule has 344 valence electrons. The molecule has 0 saturated heterocycles. The molecule has 0 aliphatic rings. The van der Waals surface area contributed by atoms with E-state index in [9.17, 15) is 28.8 Å². The Kier molecular flexibility index (Phi) is 23.3. The minimum atomic E-state index is -1.57. The van der Waals surface area contributed by atoms with Crippen molar-refractivity contribution in [1.29, 1.82) is 0 Å². The van der Waals surface area contributed by atoms with Gasteiger partial charge >= 0.3 is 36.4 Å². The van der Waals surface area contributed by atoms with Crippen LogP contribution in [0.4, 0.5) is 14.4 Å². The summed E-state index contributed by atoms with van der Waals surface area (Å²) >= 11 is 0. The van der Waals surface area contributed by atoms with Crippen molar-refractivity contribution in [2.75, 3.05) is 19.8 Å². The van der Waals surface area contributed by atoms with Crippen LogP contribution in [0.15, 0.2) is 107 Å². The maximum absolute atomic E-state index is 12.6. The third-order valence-corrected chi connectivity index (χ3v) is 13.4. The highest BCUT2D eigenvalue weighted by atomic mass is 28.2. The van der Waals surface area contributed by atoms with Gasteiger partial charge in [0.05, 0.1) is 22.1 Å². The number of hydrogen-bond acceptors (Lipinski definition) is 15. The molecular weight excluding hydrogens is 889 g/mol. The van der Waals surface area contributed by atoms with Crippen molar-refractivity contribution in [2.45, 2.75) is 87.0 Å². The first-order chi connectivity index (χ1) is 31.2. The molecule has 0 aliphatic carbocycles. The average molecular weight is 943 g/mol. The molecule has 0 heterocycles. The predicted molar refractivity (Wildman–Crippen MR) is 243 cm³/mol. The standard InChI is InChI=1S/C47H54O15Si3/c1-8-14-35(11-4)63-38-23-17-32(18-24-38)41(48)57-60-44(51)54-29-47(7,30-55-45(52)61-58-42(49)33-19-25-39(26-20-33)64-36(12-5)15-9-2)31-56-46(53)62-59-43(50)34-21-27-40(28-22-34)65-37(13-6)16-10-3/h14-28H,8-13,29-31H2,1-7H3/b35-14+,36-15+,37-16+. The molecule has 18 heteroatoms. The van der Waals surface area contributed by atoms with Crippen molar-refractivity contribution in [2.24, 2.45) is 5.41 Å². The Labute approximate surface area is 387 Å². The number of hydrogen-bond donors (Lipinski definition) is 0. The quantitative estimate of drug-likeness (QED) is 0.0330. The third-order valence-electron chi connectivity index (χ3n) is 8.94. The monoisotopic (exact) mass is 942 g/mol. The summed E-state index contributed by atoms with van der Waals surface area (Å²) in [5.74, 6) is -2.92. The maximum Gasteiger partial charge on any atom is 0.549 e. The van der Waals surface area contributed by atoms with E-state index >= 15 is 0 Å². The highest BCUT2D eigenvalue weighted by molar-refractivity contribution is 6.61. The van der Waals surface area contributed by atoms with Crippen LogP contribution in [0.3, 0.4) is 0 Å². The summed E-state index contributed by atoms with van der Waals surface area (Å²) in [5.41, 5.74) is -1.24. The lowest BCUT2D eigenvalue weighted by Crippen LogP contribution is -2.37. The minimum absolute atomic E-state index is 0.111. The maximum atomic E-state index is 12.6. The first kappa shape index (κ1) is 53.1. The Hall–Kier alpha value is -6.25. The number of carbonyl (C=O) groups excluding carboxylic acids is 6. The van der Waals surface area contributed by atoms with E-state index in [0.29, 0.717) is 28.6 Å². The van der Waals surface area contributed by atoms with Crippen molar-refractivity contribution in [1.82, 2.24) is 0 Å². The van der Waals surface area contributed by atoms with E-state index in [0.717, 1.165) is 54.1 Å². The van der Waals surface area contributed by atoms with Gasteiger partial charge in [-0.1, -0.05) is 127 Å². The van der Waals surface area contributed by atoms with Gasteiger partial charge in [0.2, 0.25) is 0 Å². The summed E-state index contributed by atoms with van der Waals surface area (Å²) in [6.07, 6.45) is 7.58. The molecule has 0 bridgehead atoms. The van der Waals surface area contributed by atoms with Crippen LogP contribution in [0.5, 0.6) is 0 Å². The van der Waals surface area contributed by atoms with Crippen LogP contribution in [0.1, 0.15) is 118 Å². The van der Waals surface area contributed by atoms with Gasteiger partial charge in [0, 0.05) is 0 Å². The van der Waals surface area contributed by atoms with Gasteiger partial charge in [0.15, 0.2) is 0 Å². The van der Waals surface area contributed by atoms with Gasteiger partial charge in [0.1, 0.15) is 48.4 Å². The largest absolute Gasteiger partial charge is 0.549 e. The summed E-state index contributed by atoms with van der Waals surface area (Å²) in [6.45, 7) is 11.7. The minimum Gasteiger partial charge on any atom is -0.431 e. The van der Waals surface area contributed by atoms with E-state index in [1.807, 2.05) is 0 Å². The van der Waals surface area contributed by atoms with Gasteiger partial charge in [-0.15, -0.1) is 0 Å². The molecule has 0 N–H and O–H groups in total. The van der Waals surface area contributed by atoms with E-state index < -0.39 is 61.6 Å². The first-order valence-electron chi connectivity index (χ1n) is 21.1. The fourth-order valence-electron chi connectivity index (χ4n) is 5.47. The van der Waals surface area contributed by atoms with E-state index in [-0.39, 0.29) is 16.7 Å². The molecule has 3 rings (SSSR count). The third kappa shape index (κ3) is 19.6. The molecule has 0 aliphatic heterocycles. The average Bonchev–Trinajstić information content (AvgIpc) is 3.32. The van der Waals surface area contributed by atoms with Crippen LogP contribution in [-0.4, -0.2) is 84.8 Å². The molecular formula is C47H54O15Si3. The number of allylic oxidation sites excluding steroid dienone is 6. The predicted octanol–water partition coefficient (Wildman–Crippen LogP) is 7.87. The second kappa shape index (κ2) is 28.5. The summed E-state index contributed by atoms with van der Waals surface area (Å²) in [7, 11) is 1.32. The SMILES string of the molecule is CC/C=C(\CC)[Si]c1ccc(C(=O)OOC(=O)OCC(C)(COC(=O)OOC(=O)c2ccc([Si]/C(=C/CC)CC)cc2)COC(=O)OOC(=O)c2ccc([Si]/C(=C/CC)CC)cc2)cc1. The Morgan fingerprint density at radius 1 is 0.415 bits per heavy atom. The van der Waals surface area contributed by atoms with Gasteiger partial charge < -0.3 is 14.2 Å². The summed E-state index contributed by atoms with van der Waals surface area (Å²) in [4.78, 5) is 103. The van der Waals surface area contributed by atoms with Gasteiger partial charge in [0.25, 0.3) is 0 Å². The molecule has 0 spiro atoms. The molecule has 3 aromatic carbocycles. The first-order valence-corrected chi connectivity index (χ1v) is 24.1. The second-order valence-corrected chi connectivity index (χ2v) is 18.8. The number of carbonyl (C=O) groups is 6. The lowest BCUT2D eigenvalue weighted by atomic mass is 9.94. The van der Waals surface area contributed by atoms with Crippen LogP contribution in [0.2, 0.25) is 0 Å². The highest BCUT2D eigenvalue weighted by Crippen LogP contribution is 2.20. The van der Waals surface area contributed by atoms with Gasteiger partial charge in [-0.2, -0.15) is 14.4 Å². The molecule has 0 amide bonds. The van der Waals surface area contributed by atoms with Crippen LogP contribution in [0, 0.1) is 5.41 Å². The normalized spacial score (nSPS) is 11.8. The molecule has 65 heavy (non-hydrogen) atoms. The molecule has 0 unspecified atom stereocenters.